The van der Waals surface area contributed by atoms with Gasteiger partial charge in [0, 0.05) is 0 Å². The Labute approximate surface area is 146 Å². The predicted molar refractivity (Wildman–Crippen MR) is 92.2 cm³/mol. The maximum absolute atomic E-state index is 11.3. The van der Waals surface area contributed by atoms with Crippen LogP contribution in [0.5, 0.6) is 5.75 Å². The van der Waals surface area contributed by atoms with Crippen molar-refractivity contribution in [2.45, 2.75) is 38.6 Å². The first-order valence-corrected chi connectivity index (χ1v) is 8.32. The largest absolute Gasteiger partial charge is 0.497 e. The van der Waals surface area contributed by atoms with E-state index in [0.717, 1.165) is 23.6 Å². The molecule has 0 saturated heterocycles. The van der Waals surface area contributed by atoms with Crippen molar-refractivity contribution in [3.63, 3.8) is 0 Å². The number of methoxy groups -OCH3 is 1. The van der Waals surface area contributed by atoms with E-state index in [-0.39, 0.29) is 23.9 Å². The van der Waals surface area contributed by atoms with Crippen LogP contribution in [0.3, 0.4) is 0 Å². The second kappa shape index (κ2) is 6.15. The van der Waals surface area contributed by atoms with Crippen molar-refractivity contribution in [2.75, 3.05) is 13.7 Å². The van der Waals surface area contributed by atoms with Crippen molar-refractivity contribution in [1.82, 2.24) is 14.8 Å². The van der Waals surface area contributed by atoms with Crippen molar-refractivity contribution >= 4 is 5.91 Å². The van der Waals surface area contributed by atoms with Crippen LogP contribution in [0.25, 0.3) is 0 Å². The number of carbonyl (C=O) groups is 1. The zero-order chi connectivity index (χ0) is 18.2. The highest BCUT2D eigenvalue weighted by Crippen LogP contribution is 2.67. The second-order valence-electron chi connectivity index (χ2n) is 7.14. The van der Waals surface area contributed by atoms with Gasteiger partial charge in [-0.15, -0.1) is 0 Å². The Morgan fingerprint density at radius 3 is 2.48 bits per heavy atom. The zero-order valence-electron chi connectivity index (χ0n) is 14.8. The van der Waals surface area contributed by atoms with E-state index in [2.05, 4.69) is 23.9 Å². The number of ether oxygens (including phenoxy) is 1. The molecule has 1 fully saturated rings. The summed E-state index contributed by atoms with van der Waals surface area (Å²) in [5, 5.41) is 13.8. The summed E-state index contributed by atoms with van der Waals surface area (Å²) in [6, 6.07) is 7.95. The second-order valence-corrected chi connectivity index (χ2v) is 7.14. The minimum absolute atomic E-state index is 0.00811. The molecule has 1 aromatic heterocycles. The molecule has 0 bridgehead atoms. The molecule has 1 aromatic carbocycles. The number of aromatic nitrogens is 3. The number of carbonyl (C=O) groups excluding carboxylic acids is 1. The number of hydrogen-bond acceptors (Lipinski definition) is 5. The predicted octanol–water partition coefficient (Wildman–Crippen LogP) is 1.02. The highest BCUT2D eigenvalue weighted by molar-refractivity contribution is 5.75. The topological polar surface area (TPSA) is 103 Å². The molecule has 1 saturated carbocycles. The lowest BCUT2D eigenvalue weighted by Gasteiger charge is -2.21. The van der Waals surface area contributed by atoms with Gasteiger partial charge >= 0.3 is 0 Å². The maximum atomic E-state index is 11.3. The molecule has 134 valence electrons. The van der Waals surface area contributed by atoms with Gasteiger partial charge in [0.2, 0.25) is 5.91 Å². The van der Waals surface area contributed by atoms with E-state index in [4.69, 9.17) is 10.5 Å². The first-order chi connectivity index (χ1) is 11.8. The van der Waals surface area contributed by atoms with Crippen molar-refractivity contribution in [2.24, 2.45) is 11.1 Å². The molecule has 1 aliphatic carbocycles. The fraction of sp³-hybridized carbons (Fsp3) is 0.500. The van der Waals surface area contributed by atoms with E-state index < -0.39 is 5.91 Å². The van der Waals surface area contributed by atoms with Crippen LogP contribution in [0.1, 0.15) is 37.5 Å². The van der Waals surface area contributed by atoms with Crippen LogP contribution in [-0.4, -0.2) is 39.5 Å². The molecule has 7 nitrogen and oxygen atoms in total. The lowest BCUT2D eigenvalue weighted by Crippen LogP contribution is -2.23. The van der Waals surface area contributed by atoms with E-state index in [0.29, 0.717) is 12.4 Å². The van der Waals surface area contributed by atoms with Crippen LogP contribution >= 0.6 is 0 Å². The summed E-state index contributed by atoms with van der Waals surface area (Å²) in [6.07, 6.45) is 0.900. The molecule has 1 amide bonds. The molecular formula is C18H24N4O3. The van der Waals surface area contributed by atoms with E-state index in [9.17, 15) is 9.90 Å². The fourth-order valence-corrected chi connectivity index (χ4v) is 3.68. The maximum Gasteiger partial charge on any atom is 0.225 e. The van der Waals surface area contributed by atoms with Gasteiger partial charge in [0.25, 0.3) is 0 Å². The first-order valence-electron chi connectivity index (χ1n) is 8.32. The summed E-state index contributed by atoms with van der Waals surface area (Å²) < 4.78 is 6.96. The van der Waals surface area contributed by atoms with Crippen LogP contribution in [-0.2, 0) is 23.2 Å². The third-order valence-corrected chi connectivity index (χ3v) is 5.06. The number of rotatable bonds is 7. The number of benzene rings is 1. The highest BCUT2D eigenvalue weighted by Gasteiger charge is 2.65. The van der Waals surface area contributed by atoms with Crippen molar-refractivity contribution in [1.29, 1.82) is 0 Å². The van der Waals surface area contributed by atoms with Crippen molar-refractivity contribution in [3.8, 4) is 5.75 Å². The lowest BCUT2D eigenvalue weighted by atomic mass is 9.87. The SMILES string of the molecule is COc1ccc(C2(c3nc(CC(N)=O)nn3CCO)CC2(C)C)cc1. The molecule has 1 unspecified atom stereocenters. The third kappa shape index (κ3) is 2.89. The molecule has 7 heteroatoms. The number of aliphatic hydroxyl groups excluding tert-OH is 1. The molecule has 1 aliphatic rings. The van der Waals surface area contributed by atoms with E-state index >= 15 is 0 Å². The molecule has 0 aliphatic heterocycles. The Morgan fingerprint density at radius 2 is 2.00 bits per heavy atom. The van der Waals surface area contributed by atoms with E-state index in [1.54, 1.807) is 11.8 Å². The van der Waals surface area contributed by atoms with Crippen molar-refractivity contribution < 1.29 is 14.6 Å². The van der Waals surface area contributed by atoms with Gasteiger partial charge in [0.1, 0.15) is 11.6 Å². The molecular weight excluding hydrogens is 320 g/mol. The van der Waals surface area contributed by atoms with E-state index in [1.807, 2.05) is 24.3 Å². The molecule has 0 radical (unpaired) electrons. The average molecular weight is 344 g/mol. The zero-order valence-corrected chi connectivity index (χ0v) is 14.8. The van der Waals surface area contributed by atoms with Gasteiger partial charge in [0.05, 0.1) is 32.1 Å². The van der Waals surface area contributed by atoms with Gasteiger partial charge in [-0.1, -0.05) is 26.0 Å². The Morgan fingerprint density at radius 1 is 1.36 bits per heavy atom. The molecule has 1 atom stereocenters. The fourth-order valence-electron chi connectivity index (χ4n) is 3.68. The Kier molecular flexibility index (Phi) is 4.28. The van der Waals surface area contributed by atoms with Gasteiger partial charge in [-0.2, -0.15) is 5.10 Å². The summed E-state index contributed by atoms with van der Waals surface area (Å²) in [5.74, 6) is 1.49. The molecule has 2 aromatic rings. The molecule has 3 N–H and O–H groups in total. The third-order valence-electron chi connectivity index (χ3n) is 5.06. The summed E-state index contributed by atoms with van der Waals surface area (Å²) in [4.78, 5) is 15.9. The minimum atomic E-state index is -0.471. The van der Waals surface area contributed by atoms with Gasteiger partial charge in [0.15, 0.2) is 5.82 Å². The van der Waals surface area contributed by atoms with Crippen LogP contribution in [0, 0.1) is 5.41 Å². The van der Waals surface area contributed by atoms with Crippen LogP contribution in [0.2, 0.25) is 0 Å². The Balaban J connectivity index is 2.09. The average Bonchev–Trinajstić information content (AvgIpc) is 2.93. The quantitative estimate of drug-likeness (QED) is 0.780. The first kappa shape index (κ1) is 17.4. The number of hydrogen-bond donors (Lipinski definition) is 2. The summed E-state index contributed by atoms with van der Waals surface area (Å²) in [7, 11) is 1.64. The number of nitrogens with two attached hydrogens (primary N) is 1. The molecule has 1 heterocycles. The van der Waals surface area contributed by atoms with Crippen molar-refractivity contribution in [3.05, 3.63) is 41.5 Å². The Hall–Kier alpha value is -2.41. The summed E-state index contributed by atoms with van der Waals surface area (Å²) >= 11 is 0. The molecule has 0 spiro atoms. The lowest BCUT2D eigenvalue weighted by molar-refractivity contribution is -0.117. The highest BCUT2D eigenvalue weighted by atomic mass is 16.5. The number of nitrogens with zero attached hydrogens (tertiary/aromatic N) is 3. The van der Waals surface area contributed by atoms with Gasteiger partial charge < -0.3 is 15.6 Å². The Bertz CT molecular complexity index is 782. The summed E-state index contributed by atoms with van der Waals surface area (Å²) in [5.41, 5.74) is 6.09. The number of amides is 1. The smallest absolute Gasteiger partial charge is 0.225 e. The van der Waals surface area contributed by atoms with Gasteiger partial charge in [-0.05, 0) is 29.5 Å². The van der Waals surface area contributed by atoms with Crippen LogP contribution in [0.4, 0.5) is 0 Å². The minimum Gasteiger partial charge on any atom is -0.497 e. The monoisotopic (exact) mass is 344 g/mol. The number of primary amides is 1. The normalized spacial score (nSPS) is 21.1. The van der Waals surface area contributed by atoms with Gasteiger partial charge in [-0.3, -0.25) is 4.79 Å². The summed E-state index contributed by atoms with van der Waals surface area (Å²) in [6.45, 7) is 4.65. The molecule has 3 rings (SSSR count). The molecule has 25 heavy (non-hydrogen) atoms. The van der Waals surface area contributed by atoms with E-state index in [1.165, 1.54) is 0 Å². The standard InChI is InChI=1S/C18H24N4O3/c1-17(2)11-18(17,12-4-6-13(25-3)7-5-12)16-20-15(10-14(19)24)21-22(16)8-9-23/h4-7,23H,8-11H2,1-3H3,(H2,19,24). The number of aliphatic hydroxyl groups is 1. The van der Waals surface area contributed by atoms with Gasteiger partial charge in [-0.25, -0.2) is 9.67 Å². The van der Waals surface area contributed by atoms with Crippen LogP contribution < -0.4 is 10.5 Å². The van der Waals surface area contributed by atoms with Crippen LogP contribution in [0.15, 0.2) is 24.3 Å².